The molecule has 5 aromatic rings. The number of amides is 9. The number of carboxylic acids is 2. The van der Waals surface area contributed by atoms with Crippen molar-refractivity contribution >= 4 is 88.6 Å². The minimum atomic E-state index is -2.55. The van der Waals surface area contributed by atoms with E-state index in [1.807, 2.05) is 60.7 Å². The van der Waals surface area contributed by atoms with Gasteiger partial charge in [0.05, 0.1) is 121 Å². The first-order valence-electron chi connectivity index (χ1n) is 42.3. The summed E-state index contributed by atoms with van der Waals surface area (Å²) in [6.45, 7) is 4.29. The summed E-state index contributed by atoms with van der Waals surface area (Å²) in [5.41, 5.74) is 4.29. The molecule has 696 valence electrons. The molecule has 3 fully saturated rings. The van der Waals surface area contributed by atoms with Gasteiger partial charge in [-0.2, -0.15) is 23.5 Å². The van der Waals surface area contributed by atoms with Crippen LogP contribution >= 0.6 is 23.5 Å². The van der Waals surface area contributed by atoms with E-state index in [4.69, 9.17) is 47.4 Å². The van der Waals surface area contributed by atoms with Crippen molar-refractivity contribution in [2.75, 3.05) is 148 Å². The van der Waals surface area contributed by atoms with Gasteiger partial charge in [0, 0.05) is 113 Å². The summed E-state index contributed by atoms with van der Waals surface area (Å²) in [5.74, 6) is -10.8. The van der Waals surface area contributed by atoms with Crippen molar-refractivity contribution in [1.82, 2.24) is 42.1 Å². The molecule has 0 saturated carbocycles. The fourth-order valence-electron chi connectivity index (χ4n) is 13.9. The fourth-order valence-corrected chi connectivity index (χ4v) is 15.4. The average Bonchev–Trinajstić information content (AvgIpc) is 0.780. The maximum atomic E-state index is 13.9. The predicted octanol–water partition coefficient (Wildman–Crippen LogP) is -0.774. The molecule has 0 radical (unpaired) electrons. The molecule has 3 saturated heterocycles. The predicted molar refractivity (Wildman–Crippen MR) is 463 cm³/mol. The van der Waals surface area contributed by atoms with Crippen LogP contribution in [0.1, 0.15) is 119 Å². The Morgan fingerprint density at radius 1 is 0.453 bits per heavy atom. The third kappa shape index (κ3) is 34.9. The van der Waals surface area contributed by atoms with E-state index in [-0.39, 0.29) is 167 Å². The van der Waals surface area contributed by atoms with Crippen molar-refractivity contribution < 1.29 is 171 Å². The molecule has 3 heterocycles. The van der Waals surface area contributed by atoms with Crippen molar-refractivity contribution in [3.63, 3.8) is 0 Å². The number of likely N-dealkylation sites (tertiary alicyclic amines) is 1. The summed E-state index contributed by atoms with van der Waals surface area (Å²) in [4.78, 5) is 141. The number of aliphatic hydroxyl groups is 6. The van der Waals surface area contributed by atoms with Gasteiger partial charge in [0.1, 0.15) is 36.8 Å². The number of hydrogen-bond acceptors (Lipinski definition) is 29. The second kappa shape index (κ2) is 56.8. The number of aliphatic hydroxyl groups excluding tert-OH is 6. The second-order valence-corrected chi connectivity index (χ2v) is 32.5. The van der Waals surface area contributed by atoms with Crippen molar-refractivity contribution in [1.29, 1.82) is 0 Å². The first kappa shape index (κ1) is 106. The average molecular weight is 1840 g/mol. The molecular weight excluding hydrogens is 1720 g/mol. The Hall–Kier alpha value is -8.63. The minimum Gasteiger partial charge on any atom is -0.490 e. The molecular formula is C88H118N8NaO29S2+. The van der Waals surface area contributed by atoms with Crippen molar-refractivity contribution in [3.8, 4) is 28.0 Å². The molecule has 0 aliphatic carbocycles. The van der Waals surface area contributed by atoms with Gasteiger partial charge in [-0.3, -0.25) is 48.1 Å². The second-order valence-electron chi connectivity index (χ2n) is 30.1. The summed E-state index contributed by atoms with van der Waals surface area (Å²) < 4.78 is 57.5. The van der Waals surface area contributed by atoms with Crippen LogP contribution in [0.4, 0.5) is 0 Å². The molecule has 0 spiro atoms. The number of unbranched alkanes of at least 4 members (excludes halogenated alkanes) is 2. The summed E-state index contributed by atoms with van der Waals surface area (Å²) >= 11 is 2.75. The van der Waals surface area contributed by atoms with Crippen LogP contribution in [0.25, 0.3) is 22.3 Å². The topological polar surface area (TPSA) is 529 Å². The molecule has 15 N–H and O–H groups in total. The molecule has 9 amide bonds. The molecule has 3 aliphatic rings. The van der Waals surface area contributed by atoms with Crippen LogP contribution in [0.3, 0.4) is 0 Å². The quantitative estimate of drug-likeness (QED) is 0.0129. The van der Waals surface area contributed by atoms with Gasteiger partial charge in [0.2, 0.25) is 29.5 Å². The normalized spacial score (nSPS) is 20.0. The molecule has 8 rings (SSSR count). The van der Waals surface area contributed by atoms with E-state index in [0.717, 1.165) is 42.5 Å². The zero-order valence-electron chi connectivity index (χ0n) is 72.1. The molecule has 0 aromatic heterocycles. The van der Waals surface area contributed by atoms with E-state index in [1.165, 1.54) is 46.6 Å². The number of ether oxygens (including phenoxy) is 10. The molecule has 37 nitrogen and oxygen atoms in total. The molecule has 40 heteroatoms. The van der Waals surface area contributed by atoms with Gasteiger partial charge < -0.3 is 125 Å². The number of carboxylic acid groups (broad SMARTS) is 2. The molecule has 3 aliphatic heterocycles. The number of benzene rings is 5. The van der Waals surface area contributed by atoms with Gasteiger partial charge in [-0.1, -0.05) is 91.3 Å². The van der Waals surface area contributed by atoms with Gasteiger partial charge in [0.15, 0.2) is 0 Å². The van der Waals surface area contributed by atoms with Crippen molar-refractivity contribution in [2.24, 2.45) is 0 Å². The molecule has 2 unspecified atom stereocenters. The number of rotatable bonds is 59. The van der Waals surface area contributed by atoms with Crippen LogP contribution in [0, 0.1) is 0 Å². The zero-order valence-corrected chi connectivity index (χ0v) is 75.8. The monoisotopic (exact) mass is 1840 g/mol. The Labute approximate surface area is 772 Å². The number of nitrogens with one attached hydrogen (secondary N) is 7. The number of aliphatic carboxylic acids is 2. The van der Waals surface area contributed by atoms with E-state index in [0.29, 0.717) is 88.4 Å². The largest absolute Gasteiger partial charge is 1.00 e. The Morgan fingerprint density at radius 2 is 0.852 bits per heavy atom. The summed E-state index contributed by atoms with van der Waals surface area (Å²) in [6, 6.07) is 33.7. The Bertz CT molecular complexity index is 4300. The van der Waals surface area contributed by atoms with E-state index in [1.54, 1.807) is 48.5 Å². The Morgan fingerprint density at radius 3 is 1.28 bits per heavy atom. The fraction of sp³-hybridized carbons (Fsp3) is 0.534. The van der Waals surface area contributed by atoms with Crippen LogP contribution < -0.4 is 71.5 Å². The van der Waals surface area contributed by atoms with E-state index < -0.39 is 146 Å². The van der Waals surface area contributed by atoms with Crippen LogP contribution in [-0.2, 0) is 76.2 Å². The standard InChI is InChI=1S/C88H118N8O29S2.Na/c1-57(97)94-75-67(99)53-87(85(112)113,124-79(75)77(106)69(101)55-92-81(108)63-23-19-61(20-24-63)59-14-6-3-7-15-59)122-35-12-48-126-50-32-90-83(110)65-27-28-66(71(52-65)121-47-46-120-45-44-119-43-42-118-41-40-117-39-38-116-37-31-89-72(103)18-10-5-11-34-96-73(104)29-30-74(96)105)84(111)91-33-51-127-49-13-36-123-88(86(114)115)54-68(100)76(95-58(2)98)80(125-88)78(107)70(102)56-93-82(109)64-25-21-62(22-26-64)60-16-8-4-9-17-60;/h3-4,6-9,14-17,19-28,52,67-70,75-80,99-102,106-107H,5,10-13,18,29-51,53-56H2,1-2H3,(H,89,103)(H,90,110)(H,91,111)(H,92,108)(H,93,109)(H,94,97)(H,95,98)(H,112,113)(H,114,115);/q;+1/t67-,68-,69+,70+,75+,76+,77?,78?,79+,80+,87+,88+;/m0./s1. The molecule has 12 atom stereocenters. The van der Waals surface area contributed by atoms with Crippen LogP contribution in [0.2, 0.25) is 0 Å². The third-order valence-electron chi connectivity index (χ3n) is 20.5. The first-order chi connectivity index (χ1) is 61.2. The number of carbonyl (C=O) groups is 11. The van der Waals surface area contributed by atoms with Gasteiger partial charge in [0.25, 0.3) is 35.2 Å². The molecule has 0 bridgehead atoms. The maximum Gasteiger partial charge on any atom is 1.00 e. The van der Waals surface area contributed by atoms with Gasteiger partial charge in [-0.15, -0.1) is 0 Å². The smallest absolute Gasteiger partial charge is 0.490 e. The number of thioether (sulfide) groups is 2. The minimum absolute atomic E-state index is 0. The summed E-state index contributed by atoms with van der Waals surface area (Å²) in [6.07, 6.45) is -12.3. The van der Waals surface area contributed by atoms with E-state index in [9.17, 15) is 93.6 Å². The Balaban J connectivity index is 0.0000224. The molecule has 5 aromatic carbocycles. The number of carbonyl (C=O) groups excluding carboxylic acids is 9. The summed E-state index contributed by atoms with van der Waals surface area (Å²) in [5, 5.41) is 107. The van der Waals surface area contributed by atoms with Gasteiger partial charge >= 0.3 is 41.5 Å². The SMILES string of the molecule is CC(=O)N[C@@H]1[C@@H](O)C[C@](OCCCSCCNC(=O)c2ccc(C(=O)NCCSCCCO[C@]3(C(=O)O)C[C@H](O)[C@@H](NC(C)=O)[C@H](C(O)[C@H](O)CNC(=O)c4ccc(-c5ccccc5)cc4)O3)c(OCCOCCOCCOCCOCCOCCNC(=O)CCCCCN3C(=O)CCC3=O)c2)(C(=O)O)O[C@H]1C(O)[C@H](O)CNC(=O)c1ccc(-c2ccccc2)cc1.[Na+]. The van der Waals surface area contributed by atoms with Crippen LogP contribution in [0.15, 0.2) is 127 Å². The maximum absolute atomic E-state index is 13.9. The number of hydrogen-bond donors (Lipinski definition) is 15. The Kier molecular flexibility index (Phi) is 47.3. The van der Waals surface area contributed by atoms with Crippen molar-refractivity contribution in [3.05, 3.63) is 150 Å². The molecule has 128 heavy (non-hydrogen) atoms. The van der Waals surface area contributed by atoms with E-state index in [2.05, 4.69) is 37.2 Å². The number of imide groups is 1. The summed E-state index contributed by atoms with van der Waals surface area (Å²) in [7, 11) is 0. The van der Waals surface area contributed by atoms with Crippen molar-refractivity contribution in [2.45, 2.75) is 151 Å². The van der Waals surface area contributed by atoms with Crippen LogP contribution in [-0.4, -0.2) is 332 Å². The van der Waals surface area contributed by atoms with E-state index >= 15 is 0 Å². The first-order valence-corrected chi connectivity index (χ1v) is 44.6. The van der Waals surface area contributed by atoms with Gasteiger partial charge in [-0.05, 0) is 102 Å². The van der Waals surface area contributed by atoms with Crippen LogP contribution in [0.5, 0.6) is 5.75 Å². The zero-order chi connectivity index (χ0) is 91.5. The van der Waals surface area contributed by atoms with Gasteiger partial charge in [-0.25, -0.2) is 9.59 Å². The third-order valence-corrected chi connectivity index (χ3v) is 22.7. The number of nitrogens with zero attached hydrogens (tertiary/aromatic N) is 1.